The van der Waals surface area contributed by atoms with E-state index in [0.717, 1.165) is 68.5 Å². The van der Waals surface area contributed by atoms with Gasteiger partial charge in [0, 0.05) is 22.7 Å². The number of ether oxygens (including phenoxy) is 6. The largest absolute Gasteiger partial charge is 0.497 e. The van der Waals surface area contributed by atoms with Crippen molar-refractivity contribution in [3.8, 4) is 34.5 Å². The molecule has 0 amide bonds. The van der Waals surface area contributed by atoms with Crippen molar-refractivity contribution in [2.75, 3.05) is 56.3 Å². The third-order valence-electron chi connectivity index (χ3n) is 8.31. The van der Waals surface area contributed by atoms with Crippen LogP contribution in [0.3, 0.4) is 0 Å². The van der Waals surface area contributed by atoms with E-state index in [0.29, 0.717) is 11.5 Å². The Hall–Kier alpha value is -6.68. The summed E-state index contributed by atoms with van der Waals surface area (Å²) < 4.78 is 34.5. The Morgan fingerprint density at radius 1 is 0.415 bits per heavy atom. The van der Waals surface area contributed by atoms with Gasteiger partial charge in [-0.2, -0.15) is 0 Å². The summed E-state index contributed by atoms with van der Waals surface area (Å²) >= 11 is 0. The molecule has 0 bridgehead atoms. The van der Waals surface area contributed by atoms with Gasteiger partial charge in [0.25, 0.3) is 0 Å². The zero-order valence-corrected chi connectivity index (χ0v) is 30.4. The van der Waals surface area contributed by atoms with Crippen LogP contribution in [0.4, 0.5) is 45.5 Å². The predicted octanol–water partition coefficient (Wildman–Crippen LogP) is 10.5. The van der Waals surface area contributed by atoms with Crippen LogP contribution in [0.2, 0.25) is 0 Å². The molecule has 0 aliphatic heterocycles. The van der Waals surface area contributed by atoms with Gasteiger partial charge in [-0.05, 0) is 128 Å². The Balaban J connectivity index is 1.24. The summed E-state index contributed by atoms with van der Waals surface area (Å²) in [7, 11) is 6.61. The third kappa shape index (κ3) is 9.56. The first-order valence-corrected chi connectivity index (χ1v) is 17.1. The first-order chi connectivity index (χ1) is 25.9. The van der Waals surface area contributed by atoms with Gasteiger partial charge in [0.05, 0.1) is 39.8 Å². The highest BCUT2D eigenvalue weighted by molar-refractivity contribution is 5.84. The number of anilines is 8. The normalized spacial score (nSPS) is 11.1. The molecule has 272 valence electrons. The molecule has 0 radical (unpaired) electrons. The van der Waals surface area contributed by atoms with Crippen LogP contribution in [0.15, 0.2) is 133 Å². The van der Waals surface area contributed by atoms with Crippen molar-refractivity contribution < 1.29 is 28.4 Å². The molecule has 6 aromatic rings. The van der Waals surface area contributed by atoms with E-state index in [1.807, 2.05) is 140 Å². The van der Waals surface area contributed by atoms with Crippen molar-refractivity contribution in [2.24, 2.45) is 0 Å². The minimum atomic E-state index is -0.338. The Morgan fingerprint density at radius 2 is 0.755 bits per heavy atom. The fraction of sp³-hybridized carbons (Fsp3) is 0.163. The molecular weight excluding hydrogens is 668 g/mol. The lowest BCUT2D eigenvalue weighted by atomic mass is 10.2. The smallest absolute Gasteiger partial charge is 0.145 e. The van der Waals surface area contributed by atoms with Gasteiger partial charge in [-0.25, -0.2) is 0 Å². The van der Waals surface area contributed by atoms with E-state index in [2.05, 4.69) is 21.3 Å². The number of methoxy groups -OCH3 is 4. The summed E-state index contributed by atoms with van der Waals surface area (Å²) in [5.41, 5.74) is 6.76. The predicted molar refractivity (Wildman–Crippen MR) is 214 cm³/mol. The molecule has 0 aromatic heterocycles. The van der Waals surface area contributed by atoms with Crippen LogP contribution < -0.4 is 49.7 Å². The number of rotatable bonds is 17. The van der Waals surface area contributed by atoms with Crippen LogP contribution in [-0.4, -0.2) is 41.2 Å². The SMILES string of the molecule is COc1ccc(Nc2cccc(OCC(C)Oc3cccc(Nc4ccc(OC)cc4)c3Nc3ccc(OC)cc3)c2Nc2ccc(OC)cc2)cc1. The van der Waals surface area contributed by atoms with Crippen molar-refractivity contribution in [3.05, 3.63) is 133 Å². The Bertz CT molecular complexity index is 2050. The average molecular weight is 713 g/mol. The number of para-hydroxylation sites is 2. The molecule has 4 N–H and O–H groups in total. The second-order valence-electron chi connectivity index (χ2n) is 12.0. The van der Waals surface area contributed by atoms with Crippen LogP contribution in [0.1, 0.15) is 6.92 Å². The molecule has 0 saturated carbocycles. The third-order valence-corrected chi connectivity index (χ3v) is 8.31. The minimum Gasteiger partial charge on any atom is -0.497 e. The van der Waals surface area contributed by atoms with E-state index in [9.17, 15) is 0 Å². The lowest BCUT2D eigenvalue weighted by Gasteiger charge is -2.23. The van der Waals surface area contributed by atoms with Crippen LogP contribution in [0.25, 0.3) is 0 Å². The first-order valence-electron chi connectivity index (χ1n) is 17.1. The Kier molecular flexibility index (Phi) is 11.9. The van der Waals surface area contributed by atoms with Crippen molar-refractivity contribution in [1.29, 1.82) is 0 Å². The number of nitrogens with one attached hydrogen (secondary N) is 4. The van der Waals surface area contributed by atoms with Gasteiger partial charge in [-0.15, -0.1) is 0 Å². The molecule has 0 aliphatic rings. The summed E-state index contributed by atoms with van der Waals surface area (Å²) in [4.78, 5) is 0. The lowest BCUT2D eigenvalue weighted by molar-refractivity contribution is 0.144. The number of hydrogen-bond donors (Lipinski definition) is 4. The number of hydrogen-bond acceptors (Lipinski definition) is 10. The van der Waals surface area contributed by atoms with E-state index in [1.54, 1.807) is 28.4 Å². The van der Waals surface area contributed by atoms with Crippen molar-refractivity contribution in [1.82, 2.24) is 0 Å². The van der Waals surface area contributed by atoms with Crippen LogP contribution in [0.5, 0.6) is 34.5 Å². The van der Waals surface area contributed by atoms with Gasteiger partial charge in [0.2, 0.25) is 0 Å². The maximum atomic E-state index is 6.60. The quantitative estimate of drug-likeness (QED) is 0.0730. The first kappa shape index (κ1) is 36.1. The molecule has 0 heterocycles. The zero-order chi connectivity index (χ0) is 37.0. The van der Waals surface area contributed by atoms with E-state index in [1.165, 1.54) is 0 Å². The maximum Gasteiger partial charge on any atom is 0.145 e. The highest BCUT2D eigenvalue weighted by Gasteiger charge is 2.17. The second kappa shape index (κ2) is 17.5. The fourth-order valence-electron chi connectivity index (χ4n) is 5.50. The minimum absolute atomic E-state index is 0.265. The summed E-state index contributed by atoms with van der Waals surface area (Å²) in [5, 5.41) is 14.1. The topological polar surface area (TPSA) is 104 Å². The van der Waals surface area contributed by atoms with Crippen molar-refractivity contribution in [3.63, 3.8) is 0 Å². The molecule has 1 atom stereocenters. The van der Waals surface area contributed by atoms with E-state index in [-0.39, 0.29) is 12.7 Å². The van der Waals surface area contributed by atoms with Gasteiger partial charge in [-0.3, -0.25) is 0 Å². The summed E-state index contributed by atoms with van der Waals surface area (Å²) in [5.74, 6) is 4.41. The van der Waals surface area contributed by atoms with Gasteiger partial charge in [-0.1, -0.05) is 12.1 Å². The molecule has 6 aromatic carbocycles. The fourth-order valence-corrected chi connectivity index (χ4v) is 5.50. The molecule has 0 saturated heterocycles. The molecular formula is C43H44N4O6. The highest BCUT2D eigenvalue weighted by atomic mass is 16.5. The zero-order valence-electron chi connectivity index (χ0n) is 30.4. The summed E-state index contributed by atoms with van der Waals surface area (Å²) in [6.45, 7) is 2.25. The molecule has 0 spiro atoms. The van der Waals surface area contributed by atoms with Crippen LogP contribution in [0, 0.1) is 0 Å². The lowest BCUT2D eigenvalue weighted by Crippen LogP contribution is -2.22. The Labute approximate surface area is 310 Å². The van der Waals surface area contributed by atoms with Gasteiger partial charge >= 0.3 is 0 Å². The van der Waals surface area contributed by atoms with Gasteiger partial charge in [0.15, 0.2) is 0 Å². The molecule has 0 fully saturated rings. The van der Waals surface area contributed by atoms with E-state index < -0.39 is 0 Å². The van der Waals surface area contributed by atoms with Crippen molar-refractivity contribution >= 4 is 45.5 Å². The molecule has 53 heavy (non-hydrogen) atoms. The van der Waals surface area contributed by atoms with Crippen LogP contribution >= 0.6 is 0 Å². The maximum absolute atomic E-state index is 6.60. The summed E-state index contributed by atoms with van der Waals surface area (Å²) in [6, 6.07) is 42.8. The highest BCUT2D eigenvalue weighted by Crippen LogP contribution is 2.40. The van der Waals surface area contributed by atoms with Crippen LogP contribution in [-0.2, 0) is 0 Å². The van der Waals surface area contributed by atoms with Gasteiger partial charge < -0.3 is 49.7 Å². The van der Waals surface area contributed by atoms with E-state index in [4.69, 9.17) is 28.4 Å². The standard InChI is InChI=1S/C43H44N4O6/c1-29(53-41-11-7-9-39(45-31-14-22-35(49-3)23-15-31)43(41)47-33-18-26-37(51-5)27-19-33)28-52-40-10-6-8-38(44-30-12-20-34(48-2)21-13-30)42(40)46-32-16-24-36(50-4)25-17-32/h6-27,29,44-47H,28H2,1-5H3. The summed E-state index contributed by atoms with van der Waals surface area (Å²) in [6.07, 6.45) is -0.338. The molecule has 1 unspecified atom stereocenters. The Morgan fingerprint density at radius 3 is 1.13 bits per heavy atom. The molecule has 10 nitrogen and oxygen atoms in total. The van der Waals surface area contributed by atoms with Gasteiger partial charge in [0.1, 0.15) is 58.6 Å². The van der Waals surface area contributed by atoms with E-state index >= 15 is 0 Å². The molecule has 10 heteroatoms. The average Bonchev–Trinajstić information content (AvgIpc) is 3.20. The molecule has 6 rings (SSSR count). The number of benzene rings is 6. The molecule has 0 aliphatic carbocycles. The monoisotopic (exact) mass is 712 g/mol. The van der Waals surface area contributed by atoms with Crippen molar-refractivity contribution in [2.45, 2.75) is 13.0 Å². The second-order valence-corrected chi connectivity index (χ2v) is 12.0.